The van der Waals surface area contributed by atoms with Gasteiger partial charge in [-0.3, -0.25) is 19.5 Å². The zero-order valence-electron chi connectivity index (χ0n) is 20.4. The molecule has 4 heterocycles. The molecule has 0 bridgehead atoms. The van der Waals surface area contributed by atoms with E-state index >= 15 is 0 Å². The molecule has 1 aliphatic heterocycles. The van der Waals surface area contributed by atoms with Gasteiger partial charge in [0, 0.05) is 73.0 Å². The predicted molar refractivity (Wildman–Crippen MR) is 144 cm³/mol. The fraction of sp³-hybridized carbons (Fsp3) is 0.259. The lowest BCUT2D eigenvalue weighted by molar-refractivity contribution is 0.102. The highest BCUT2D eigenvalue weighted by atomic mass is 32.1. The molecular weight excluding hydrogens is 490 g/mol. The van der Waals surface area contributed by atoms with Crippen molar-refractivity contribution < 1.29 is 14.7 Å². The Morgan fingerprint density at radius 1 is 1.08 bits per heavy atom. The zero-order chi connectivity index (χ0) is 25.9. The van der Waals surface area contributed by atoms with Crippen LogP contribution in [0, 0.1) is 0 Å². The molecule has 0 aliphatic carbocycles. The fourth-order valence-electron chi connectivity index (χ4n) is 4.58. The Balaban J connectivity index is 1.43. The maximum Gasteiger partial charge on any atom is 0.407 e. The molecule has 10 heteroatoms. The number of amides is 2. The van der Waals surface area contributed by atoms with Crippen LogP contribution in [0.15, 0.2) is 65.7 Å². The highest BCUT2D eigenvalue weighted by Crippen LogP contribution is 2.34. The van der Waals surface area contributed by atoms with E-state index in [0.29, 0.717) is 42.9 Å². The molecule has 1 aromatic carbocycles. The van der Waals surface area contributed by atoms with Crippen molar-refractivity contribution in [3.63, 3.8) is 0 Å². The number of fused-ring (bicyclic) bond motifs is 1. The molecule has 3 aromatic heterocycles. The molecular formula is C27H27N5O4S. The Morgan fingerprint density at radius 3 is 2.73 bits per heavy atom. The van der Waals surface area contributed by atoms with Gasteiger partial charge in [0.1, 0.15) is 5.69 Å². The number of aryl methyl sites for hydroxylation is 1. The number of anilines is 1. The lowest BCUT2D eigenvalue weighted by Crippen LogP contribution is -2.33. The van der Waals surface area contributed by atoms with Crippen LogP contribution in [-0.4, -0.2) is 62.6 Å². The third kappa shape index (κ3) is 5.40. The number of aromatic nitrogens is 2. The van der Waals surface area contributed by atoms with Crippen molar-refractivity contribution in [1.82, 2.24) is 19.4 Å². The summed E-state index contributed by atoms with van der Waals surface area (Å²) in [6.07, 6.45) is 3.31. The van der Waals surface area contributed by atoms with Crippen LogP contribution >= 0.6 is 11.3 Å². The molecule has 9 nitrogen and oxygen atoms in total. The van der Waals surface area contributed by atoms with Crippen LogP contribution in [0.25, 0.3) is 21.2 Å². The Bertz CT molecular complexity index is 1510. The van der Waals surface area contributed by atoms with Gasteiger partial charge in [0.15, 0.2) is 0 Å². The van der Waals surface area contributed by atoms with Gasteiger partial charge in [-0.1, -0.05) is 18.2 Å². The maximum atomic E-state index is 13.0. The quantitative estimate of drug-likeness (QED) is 0.413. The number of hydrogen-bond acceptors (Lipinski definition) is 6. The van der Waals surface area contributed by atoms with Crippen LogP contribution < -0.4 is 10.9 Å². The molecule has 2 amide bonds. The first kappa shape index (κ1) is 24.7. The van der Waals surface area contributed by atoms with Crippen molar-refractivity contribution in [1.29, 1.82) is 0 Å². The molecule has 1 fully saturated rings. The van der Waals surface area contributed by atoms with Crippen LogP contribution in [0.3, 0.4) is 0 Å². The zero-order valence-corrected chi connectivity index (χ0v) is 21.2. The minimum Gasteiger partial charge on any atom is -0.465 e. The van der Waals surface area contributed by atoms with Crippen LogP contribution in [0.2, 0.25) is 0 Å². The van der Waals surface area contributed by atoms with Gasteiger partial charge in [0.25, 0.3) is 11.5 Å². The number of carbonyl (C=O) groups excluding carboxylic acids is 1. The molecule has 5 rings (SSSR count). The lowest BCUT2D eigenvalue weighted by Gasteiger charge is -2.19. The van der Waals surface area contributed by atoms with Crippen molar-refractivity contribution in [3.8, 4) is 11.1 Å². The number of hydrogen-bond donors (Lipinski definition) is 2. The van der Waals surface area contributed by atoms with E-state index in [9.17, 15) is 19.5 Å². The third-order valence-corrected chi connectivity index (χ3v) is 7.62. The predicted octanol–water partition coefficient (Wildman–Crippen LogP) is 4.10. The van der Waals surface area contributed by atoms with Gasteiger partial charge in [-0.2, -0.15) is 0 Å². The number of thiophene rings is 1. The Morgan fingerprint density at radius 2 is 1.95 bits per heavy atom. The topological polar surface area (TPSA) is 108 Å². The van der Waals surface area contributed by atoms with Crippen LogP contribution in [-0.2, 0) is 13.6 Å². The van der Waals surface area contributed by atoms with Crippen LogP contribution in [0.4, 0.5) is 10.5 Å². The summed E-state index contributed by atoms with van der Waals surface area (Å²) in [4.78, 5) is 45.8. The van der Waals surface area contributed by atoms with E-state index in [2.05, 4.69) is 15.2 Å². The molecule has 1 aliphatic rings. The summed E-state index contributed by atoms with van der Waals surface area (Å²) in [5.74, 6) is -0.291. The van der Waals surface area contributed by atoms with E-state index in [1.54, 1.807) is 47.3 Å². The number of benzene rings is 1. The van der Waals surface area contributed by atoms with E-state index in [1.165, 1.54) is 4.90 Å². The first-order valence-electron chi connectivity index (χ1n) is 12.0. The van der Waals surface area contributed by atoms with Gasteiger partial charge < -0.3 is 19.9 Å². The molecule has 0 spiro atoms. The van der Waals surface area contributed by atoms with Gasteiger partial charge in [0.2, 0.25) is 0 Å². The maximum absolute atomic E-state index is 13.0. The van der Waals surface area contributed by atoms with E-state index < -0.39 is 6.09 Å². The summed E-state index contributed by atoms with van der Waals surface area (Å²) in [6.45, 7) is 3.14. The molecule has 2 N–H and O–H groups in total. The van der Waals surface area contributed by atoms with Crippen LogP contribution in [0.1, 0.15) is 21.8 Å². The average molecular weight is 518 g/mol. The van der Waals surface area contributed by atoms with Crippen molar-refractivity contribution in [2.45, 2.75) is 13.0 Å². The summed E-state index contributed by atoms with van der Waals surface area (Å²) in [5, 5.41) is 12.9. The molecule has 190 valence electrons. The lowest BCUT2D eigenvalue weighted by atomic mass is 10.1. The van der Waals surface area contributed by atoms with Gasteiger partial charge in [-0.05, 0) is 42.3 Å². The minimum atomic E-state index is -0.879. The highest BCUT2D eigenvalue weighted by molar-refractivity contribution is 7.19. The standard InChI is InChI=1S/C27H27N5O4S/c1-30-17-22(18-6-4-7-19(14-18)29-25(33)23-8-2-3-9-28-23)24-21(26(30)34)15-20(37-24)16-31-10-5-11-32(13-12-31)27(35)36/h2-4,6-9,14-15,17H,5,10-13,16H2,1H3,(H,29,33)(H,35,36). The first-order chi connectivity index (χ1) is 17.9. The molecule has 0 atom stereocenters. The Kier molecular flexibility index (Phi) is 7.02. The molecule has 37 heavy (non-hydrogen) atoms. The second-order valence-corrected chi connectivity index (χ2v) is 10.2. The van der Waals surface area contributed by atoms with E-state index in [0.717, 1.165) is 33.7 Å². The minimum absolute atomic E-state index is 0.0613. The molecule has 1 saturated heterocycles. The van der Waals surface area contributed by atoms with Gasteiger partial charge in [0.05, 0.1) is 5.39 Å². The van der Waals surface area contributed by atoms with E-state index in [1.807, 2.05) is 36.5 Å². The summed E-state index contributed by atoms with van der Waals surface area (Å²) in [7, 11) is 1.74. The van der Waals surface area contributed by atoms with Crippen molar-refractivity contribution >= 4 is 39.1 Å². The SMILES string of the molecule is Cn1cc(-c2cccc(NC(=O)c3ccccn3)c2)c2sc(CN3CCCN(C(=O)O)CC3)cc2c1=O. The monoisotopic (exact) mass is 517 g/mol. The molecule has 0 saturated carbocycles. The van der Waals surface area contributed by atoms with Gasteiger partial charge in [-0.25, -0.2) is 4.79 Å². The number of pyridine rings is 2. The molecule has 4 aromatic rings. The Labute approximate surface area is 217 Å². The molecule has 0 unspecified atom stereocenters. The first-order valence-corrected chi connectivity index (χ1v) is 12.9. The highest BCUT2D eigenvalue weighted by Gasteiger charge is 2.20. The second kappa shape index (κ2) is 10.5. The van der Waals surface area contributed by atoms with Crippen molar-refractivity contribution in [2.75, 3.05) is 31.5 Å². The van der Waals surface area contributed by atoms with Crippen molar-refractivity contribution in [3.05, 3.63) is 81.8 Å². The number of rotatable bonds is 5. The normalized spacial score (nSPS) is 14.5. The summed E-state index contributed by atoms with van der Waals surface area (Å²) in [5.41, 5.74) is 2.71. The number of carboxylic acid groups (broad SMARTS) is 1. The average Bonchev–Trinajstić information content (AvgIpc) is 3.17. The Hall–Kier alpha value is -4.02. The smallest absolute Gasteiger partial charge is 0.407 e. The number of carbonyl (C=O) groups is 2. The van der Waals surface area contributed by atoms with Gasteiger partial charge >= 0.3 is 6.09 Å². The number of nitrogens with one attached hydrogen (secondary N) is 1. The van der Waals surface area contributed by atoms with Crippen LogP contribution in [0.5, 0.6) is 0 Å². The van der Waals surface area contributed by atoms with Crippen molar-refractivity contribution in [2.24, 2.45) is 7.05 Å². The third-order valence-electron chi connectivity index (χ3n) is 6.47. The largest absolute Gasteiger partial charge is 0.465 e. The summed E-state index contributed by atoms with van der Waals surface area (Å²) in [6, 6.07) is 14.7. The summed E-state index contributed by atoms with van der Waals surface area (Å²) >= 11 is 1.58. The second-order valence-electron chi connectivity index (χ2n) is 9.06. The summed E-state index contributed by atoms with van der Waals surface area (Å²) < 4.78 is 2.48. The molecule has 0 radical (unpaired) electrons. The van der Waals surface area contributed by atoms with Gasteiger partial charge in [-0.15, -0.1) is 11.3 Å². The van der Waals surface area contributed by atoms with E-state index in [-0.39, 0.29) is 11.5 Å². The van der Waals surface area contributed by atoms with E-state index in [4.69, 9.17) is 0 Å². The fourth-order valence-corrected chi connectivity index (χ4v) is 5.81. The number of nitrogens with zero attached hydrogens (tertiary/aromatic N) is 4.